The maximum atomic E-state index is 12.1. The van der Waals surface area contributed by atoms with Gasteiger partial charge in [-0.05, 0) is 50.2 Å². The number of ether oxygens (including phenoxy) is 1. The molecule has 134 valence electrons. The molecule has 1 aromatic carbocycles. The van der Waals surface area contributed by atoms with Crippen molar-refractivity contribution in [3.05, 3.63) is 29.3 Å². The fourth-order valence-corrected chi connectivity index (χ4v) is 2.16. The lowest BCUT2D eigenvalue weighted by Gasteiger charge is -2.18. The van der Waals surface area contributed by atoms with Crippen LogP contribution in [0.3, 0.4) is 0 Å². The summed E-state index contributed by atoms with van der Waals surface area (Å²) in [5.41, 5.74) is 7.42. The predicted octanol–water partition coefficient (Wildman–Crippen LogP) is 0.101. The molecule has 0 spiro atoms. The molecule has 1 amide bonds. The zero-order chi connectivity index (χ0) is 18.1. The molecule has 0 heterocycles. The number of hydrogen-bond donors (Lipinski definition) is 4. The third-order valence-electron chi connectivity index (χ3n) is 3.67. The molecular weight excluding hydrogens is 324 g/mol. The molecule has 6 nitrogen and oxygen atoms in total. The van der Waals surface area contributed by atoms with E-state index in [1.54, 1.807) is 6.92 Å². The average Bonchev–Trinajstić information content (AvgIpc) is 2.53. The number of amides is 1. The Balaban J connectivity index is 2.34. The van der Waals surface area contributed by atoms with Gasteiger partial charge in [-0.1, -0.05) is 12.1 Å². The molecule has 7 heteroatoms. The molecule has 1 rings (SSSR count). The molecule has 0 saturated heterocycles. The number of quaternary nitrogens is 1. The van der Waals surface area contributed by atoms with Crippen molar-refractivity contribution in [2.45, 2.75) is 33.3 Å². The summed E-state index contributed by atoms with van der Waals surface area (Å²) in [7, 11) is 4.21. The maximum absolute atomic E-state index is 12.1. The summed E-state index contributed by atoms with van der Waals surface area (Å²) in [5, 5.41) is 3.45. The Labute approximate surface area is 149 Å². The first kappa shape index (κ1) is 20.2. The second-order valence-electron chi connectivity index (χ2n) is 6.14. The van der Waals surface area contributed by atoms with Crippen molar-refractivity contribution >= 4 is 23.2 Å². The fourth-order valence-electron chi connectivity index (χ4n) is 2.00. The van der Waals surface area contributed by atoms with Gasteiger partial charge in [0.25, 0.3) is 5.91 Å². The molecule has 1 atom stereocenters. The highest BCUT2D eigenvalue weighted by Gasteiger charge is 2.16. The largest absolute Gasteiger partial charge is 0.481 e. The molecule has 0 aliphatic heterocycles. The first-order valence-electron chi connectivity index (χ1n) is 8.17. The van der Waals surface area contributed by atoms with Crippen LogP contribution in [0.15, 0.2) is 18.2 Å². The van der Waals surface area contributed by atoms with Crippen LogP contribution in [0.1, 0.15) is 24.5 Å². The molecule has 4 N–H and O–H groups in total. The van der Waals surface area contributed by atoms with Gasteiger partial charge in [0.1, 0.15) is 5.75 Å². The minimum absolute atomic E-state index is 0.280. The molecule has 24 heavy (non-hydrogen) atoms. The number of rotatable bonds is 7. The second kappa shape index (κ2) is 10.1. The van der Waals surface area contributed by atoms with Crippen LogP contribution in [0.4, 0.5) is 0 Å². The molecule has 0 aliphatic carbocycles. The van der Waals surface area contributed by atoms with E-state index in [0.29, 0.717) is 10.9 Å². The Morgan fingerprint density at radius 2 is 2.00 bits per heavy atom. The molecule has 0 aliphatic rings. The summed E-state index contributed by atoms with van der Waals surface area (Å²) >= 11 is 5.12. The van der Waals surface area contributed by atoms with E-state index >= 15 is 0 Å². The highest BCUT2D eigenvalue weighted by atomic mass is 32.1. The molecule has 0 fully saturated rings. The van der Waals surface area contributed by atoms with Gasteiger partial charge >= 0.3 is 0 Å². The average molecular weight is 354 g/mol. The molecule has 0 radical (unpaired) electrons. The fraction of sp³-hybridized carbons (Fsp3) is 0.529. The van der Waals surface area contributed by atoms with Crippen LogP contribution >= 0.6 is 12.2 Å². The smallest absolute Gasteiger partial charge is 0.279 e. The van der Waals surface area contributed by atoms with E-state index in [9.17, 15) is 4.79 Å². The van der Waals surface area contributed by atoms with Gasteiger partial charge in [0.2, 0.25) is 0 Å². The SMILES string of the molecule is Cc1cccc(O[C@@H](C)C(=O)NNC(=S)NCCC[NH+](C)C)c1C. The number of hydrogen-bond acceptors (Lipinski definition) is 3. The Morgan fingerprint density at radius 3 is 2.67 bits per heavy atom. The van der Waals surface area contributed by atoms with Crippen molar-refractivity contribution in [2.24, 2.45) is 0 Å². The minimum atomic E-state index is -0.627. The van der Waals surface area contributed by atoms with Crippen molar-refractivity contribution in [1.82, 2.24) is 16.2 Å². The van der Waals surface area contributed by atoms with Gasteiger partial charge in [-0.15, -0.1) is 0 Å². The van der Waals surface area contributed by atoms with Gasteiger partial charge in [-0.2, -0.15) is 0 Å². The van der Waals surface area contributed by atoms with Crippen LogP contribution in [-0.2, 0) is 4.79 Å². The van der Waals surface area contributed by atoms with Crippen LogP contribution in [0.2, 0.25) is 0 Å². The molecular formula is C17H29N4O2S+. The number of nitrogens with one attached hydrogen (secondary N) is 4. The van der Waals surface area contributed by atoms with Crippen molar-refractivity contribution in [3.8, 4) is 5.75 Å². The Bertz CT molecular complexity index is 564. The number of hydrazine groups is 1. The van der Waals surface area contributed by atoms with Crippen LogP contribution in [0, 0.1) is 13.8 Å². The number of aryl methyl sites for hydroxylation is 1. The van der Waals surface area contributed by atoms with E-state index in [4.69, 9.17) is 17.0 Å². The Morgan fingerprint density at radius 1 is 1.29 bits per heavy atom. The molecule has 0 unspecified atom stereocenters. The van der Waals surface area contributed by atoms with Crippen molar-refractivity contribution < 1.29 is 14.4 Å². The quantitative estimate of drug-likeness (QED) is 0.318. The van der Waals surface area contributed by atoms with Gasteiger partial charge in [0, 0.05) is 13.0 Å². The number of thiocarbonyl (C=S) groups is 1. The Kier molecular flexibility index (Phi) is 8.49. The summed E-state index contributed by atoms with van der Waals surface area (Å²) < 4.78 is 5.73. The van der Waals surface area contributed by atoms with Gasteiger partial charge in [0.15, 0.2) is 11.2 Å². The van der Waals surface area contributed by atoms with Gasteiger partial charge in [-0.25, -0.2) is 0 Å². The zero-order valence-electron chi connectivity index (χ0n) is 15.2. The predicted molar refractivity (Wildman–Crippen MR) is 100 cm³/mol. The topological polar surface area (TPSA) is 66.8 Å². The zero-order valence-corrected chi connectivity index (χ0v) is 16.0. The first-order chi connectivity index (χ1) is 11.3. The lowest BCUT2D eigenvalue weighted by molar-refractivity contribution is -0.858. The summed E-state index contributed by atoms with van der Waals surface area (Å²) in [6.45, 7) is 7.51. The highest BCUT2D eigenvalue weighted by Crippen LogP contribution is 2.21. The molecule has 0 aromatic heterocycles. The van der Waals surface area contributed by atoms with Crippen molar-refractivity contribution in [2.75, 3.05) is 27.2 Å². The third-order valence-corrected chi connectivity index (χ3v) is 3.91. The number of benzene rings is 1. The van der Waals surface area contributed by atoms with E-state index in [-0.39, 0.29) is 5.91 Å². The number of carbonyl (C=O) groups is 1. The van der Waals surface area contributed by atoms with E-state index in [1.807, 2.05) is 32.0 Å². The van der Waals surface area contributed by atoms with Crippen molar-refractivity contribution in [1.29, 1.82) is 0 Å². The molecule has 0 bridgehead atoms. The first-order valence-corrected chi connectivity index (χ1v) is 8.57. The van der Waals surface area contributed by atoms with Crippen LogP contribution in [-0.4, -0.2) is 44.3 Å². The normalized spacial score (nSPS) is 11.8. The summed E-state index contributed by atoms with van der Waals surface area (Å²) in [6.07, 6.45) is 0.377. The minimum Gasteiger partial charge on any atom is -0.481 e. The van der Waals surface area contributed by atoms with Gasteiger partial charge < -0.3 is 15.0 Å². The van der Waals surface area contributed by atoms with Gasteiger partial charge in [0.05, 0.1) is 20.6 Å². The summed E-state index contributed by atoms with van der Waals surface area (Å²) in [5.74, 6) is 0.433. The van der Waals surface area contributed by atoms with E-state index in [2.05, 4.69) is 30.3 Å². The van der Waals surface area contributed by atoms with E-state index in [0.717, 1.165) is 30.6 Å². The van der Waals surface area contributed by atoms with Crippen molar-refractivity contribution in [3.63, 3.8) is 0 Å². The lowest BCUT2D eigenvalue weighted by atomic mass is 10.1. The van der Waals surface area contributed by atoms with Crippen LogP contribution < -0.4 is 25.8 Å². The number of carbonyl (C=O) groups excluding carboxylic acids is 1. The van der Waals surface area contributed by atoms with Crippen LogP contribution in [0.25, 0.3) is 0 Å². The summed E-state index contributed by atoms with van der Waals surface area (Å²) in [4.78, 5) is 13.5. The van der Waals surface area contributed by atoms with Crippen LogP contribution in [0.5, 0.6) is 5.75 Å². The maximum Gasteiger partial charge on any atom is 0.279 e. The monoisotopic (exact) mass is 353 g/mol. The summed E-state index contributed by atoms with van der Waals surface area (Å²) in [6, 6.07) is 5.78. The standard InChI is InChI=1S/C17H28N4O2S/c1-12-8-6-9-15(13(12)2)23-14(3)16(22)19-20-17(24)18-10-7-11-21(4)5/h6,8-9,14H,7,10-11H2,1-5H3,(H,19,22)(H2,18,20,24)/p+1/t14-/m0/s1. The Hall–Kier alpha value is -1.86. The third kappa shape index (κ3) is 7.14. The van der Waals surface area contributed by atoms with E-state index < -0.39 is 6.10 Å². The van der Waals surface area contributed by atoms with Gasteiger partial charge in [-0.3, -0.25) is 15.6 Å². The highest BCUT2D eigenvalue weighted by molar-refractivity contribution is 7.80. The molecule has 0 saturated carbocycles. The molecule has 1 aromatic rings. The lowest BCUT2D eigenvalue weighted by Crippen LogP contribution is -3.05. The second-order valence-corrected chi connectivity index (χ2v) is 6.55. The van der Waals surface area contributed by atoms with E-state index in [1.165, 1.54) is 4.90 Å².